The van der Waals surface area contributed by atoms with Gasteiger partial charge < -0.3 is 0 Å². The summed E-state index contributed by atoms with van der Waals surface area (Å²) in [6.45, 7) is 8.60. The van der Waals surface area contributed by atoms with E-state index in [9.17, 15) is 9.18 Å². The Labute approximate surface area is 102 Å². The lowest BCUT2D eigenvalue weighted by atomic mass is 9.63. The van der Waals surface area contributed by atoms with E-state index in [1.54, 1.807) is 12.1 Å². The number of rotatable bonds is 1. The minimum Gasteiger partial charge on any atom is -0.298 e. The van der Waals surface area contributed by atoms with Crippen molar-refractivity contribution in [1.29, 1.82) is 0 Å². The van der Waals surface area contributed by atoms with Gasteiger partial charge in [0.25, 0.3) is 0 Å². The first-order chi connectivity index (χ1) is 7.78. The van der Waals surface area contributed by atoms with Crippen LogP contribution in [0.25, 0.3) is 0 Å². The van der Waals surface area contributed by atoms with Gasteiger partial charge in [0.2, 0.25) is 0 Å². The van der Waals surface area contributed by atoms with E-state index in [1.807, 2.05) is 0 Å². The van der Waals surface area contributed by atoms with Gasteiger partial charge in [-0.15, -0.1) is 0 Å². The van der Waals surface area contributed by atoms with Crippen LogP contribution in [0.3, 0.4) is 0 Å². The van der Waals surface area contributed by atoms with Crippen LogP contribution in [0.4, 0.5) is 4.39 Å². The lowest BCUT2D eigenvalue weighted by Gasteiger charge is -2.42. The van der Waals surface area contributed by atoms with E-state index < -0.39 is 5.82 Å². The molecule has 1 aromatic carbocycles. The zero-order chi connectivity index (χ0) is 12.8. The van der Waals surface area contributed by atoms with Crippen molar-refractivity contribution < 1.29 is 9.18 Å². The first-order valence-corrected chi connectivity index (χ1v) is 6.08. The Morgan fingerprint density at radius 2 is 1.53 bits per heavy atom. The average Bonchev–Trinajstić information content (AvgIpc) is 2.24. The Balaban J connectivity index is 2.72. The number of carbonyl (C=O) groups excluding carboxylic acids is 1. The molecule has 1 aliphatic carbocycles. The summed E-state index contributed by atoms with van der Waals surface area (Å²) in [6, 6.07) is 3.29. The van der Waals surface area contributed by atoms with Crippen LogP contribution in [0.15, 0.2) is 12.1 Å². The van der Waals surface area contributed by atoms with Crippen molar-refractivity contribution in [3.05, 3.63) is 34.6 Å². The molecule has 0 N–H and O–H groups in total. The lowest BCUT2D eigenvalue weighted by molar-refractivity contribution is 0.111. The van der Waals surface area contributed by atoms with Crippen LogP contribution in [0.2, 0.25) is 0 Å². The van der Waals surface area contributed by atoms with Gasteiger partial charge in [0.05, 0.1) is 5.56 Å². The number of carbonyl (C=O) groups is 1. The molecule has 0 saturated carbocycles. The van der Waals surface area contributed by atoms with E-state index in [2.05, 4.69) is 27.7 Å². The molecule has 1 nitrogen and oxygen atoms in total. The molecule has 2 heteroatoms. The fourth-order valence-corrected chi connectivity index (χ4v) is 2.69. The van der Waals surface area contributed by atoms with Gasteiger partial charge >= 0.3 is 0 Å². The summed E-state index contributed by atoms with van der Waals surface area (Å²) in [4.78, 5) is 10.8. The van der Waals surface area contributed by atoms with E-state index in [0.717, 1.165) is 24.0 Å². The molecule has 1 aromatic rings. The highest BCUT2D eigenvalue weighted by atomic mass is 19.1. The van der Waals surface area contributed by atoms with Crippen molar-refractivity contribution in [3.8, 4) is 0 Å². The number of fused-ring (bicyclic) bond motifs is 1. The largest absolute Gasteiger partial charge is 0.298 e. The SMILES string of the molecule is CC1(C)CCC(C)(C)c2cc(C=O)c(F)cc21. The molecule has 0 bridgehead atoms. The van der Waals surface area contributed by atoms with Crippen molar-refractivity contribution in [1.82, 2.24) is 0 Å². The number of hydrogen-bond acceptors (Lipinski definition) is 1. The molecule has 0 saturated heterocycles. The molecule has 0 aliphatic heterocycles. The summed E-state index contributed by atoms with van der Waals surface area (Å²) in [5, 5.41) is 0. The molecule has 0 aromatic heterocycles. The predicted octanol–water partition coefficient (Wildman–Crippen LogP) is 3.99. The molecule has 92 valence electrons. The van der Waals surface area contributed by atoms with Gasteiger partial charge in [-0.05, 0) is 46.9 Å². The third-order valence-electron chi connectivity index (χ3n) is 4.10. The van der Waals surface area contributed by atoms with Crippen molar-refractivity contribution in [2.75, 3.05) is 0 Å². The maximum Gasteiger partial charge on any atom is 0.153 e. The smallest absolute Gasteiger partial charge is 0.153 e. The van der Waals surface area contributed by atoms with Gasteiger partial charge in [0, 0.05) is 0 Å². The predicted molar refractivity (Wildman–Crippen MR) is 67.1 cm³/mol. The molecule has 0 spiro atoms. The second-order valence-electron chi connectivity index (χ2n) is 6.30. The van der Waals surface area contributed by atoms with Gasteiger partial charge in [-0.25, -0.2) is 4.39 Å². The normalized spacial score (nSPS) is 20.8. The Morgan fingerprint density at radius 3 is 2.00 bits per heavy atom. The summed E-state index contributed by atoms with van der Waals surface area (Å²) in [5.74, 6) is -0.399. The molecular weight excluding hydrogens is 215 g/mol. The number of aldehydes is 1. The maximum absolute atomic E-state index is 13.7. The van der Waals surface area contributed by atoms with Crippen LogP contribution in [-0.2, 0) is 10.8 Å². The fourth-order valence-electron chi connectivity index (χ4n) is 2.69. The quantitative estimate of drug-likeness (QED) is 0.671. The van der Waals surface area contributed by atoms with Gasteiger partial charge in [-0.2, -0.15) is 0 Å². The van der Waals surface area contributed by atoms with Gasteiger partial charge in [-0.1, -0.05) is 27.7 Å². The van der Waals surface area contributed by atoms with Crippen molar-refractivity contribution >= 4 is 6.29 Å². The number of benzene rings is 1. The molecule has 2 rings (SSSR count). The molecule has 0 radical (unpaired) electrons. The molecule has 0 amide bonds. The second kappa shape index (κ2) is 3.66. The second-order valence-corrected chi connectivity index (χ2v) is 6.30. The van der Waals surface area contributed by atoms with Crippen molar-refractivity contribution in [3.63, 3.8) is 0 Å². The van der Waals surface area contributed by atoms with Crippen LogP contribution >= 0.6 is 0 Å². The standard InChI is InChI=1S/C15H19FO/c1-14(2)5-6-15(3,4)12-8-13(16)10(9-17)7-11(12)14/h7-9H,5-6H2,1-4H3. The zero-order valence-electron chi connectivity index (χ0n) is 10.9. The Morgan fingerprint density at radius 1 is 1.06 bits per heavy atom. The minimum absolute atomic E-state index is 0.00684. The fraction of sp³-hybridized carbons (Fsp3) is 0.533. The summed E-state index contributed by atoms with van der Waals surface area (Å²) in [5.41, 5.74) is 2.37. The minimum atomic E-state index is -0.399. The summed E-state index contributed by atoms with van der Waals surface area (Å²) in [7, 11) is 0. The number of hydrogen-bond donors (Lipinski definition) is 0. The van der Waals surface area contributed by atoms with E-state index in [-0.39, 0.29) is 16.4 Å². The first kappa shape index (κ1) is 12.3. The molecule has 0 unspecified atom stereocenters. The van der Waals surface area contributed by atoms with Crippen LogP contribution in [0, 0.1) is 5.82 Å². The van der Waals surface area contributed by atoms with Crippen LogP contribution in [-0.4, -0.2) is 6.29 Å². The average molecular weight is 234 g/mol. The lowest BCUT2D eigenvalue weighted by Crippen LogP contribution is -2.34. The molecule has 0 atom stereocenters. The summed E-state index contributed by atoms with van der Waals surface area (Å²) >= 11 is 0. The Kier molecular flexibility index (Phi) is 2.64. The van der Waals surface area contributed by atoms with Crippen LogP contribution in [0.1, 0.15) is 62.0 Å². The van der Waals surface area contributed by atoms with E-state index >= 15 is 0 Å². The van der Waals surface area contributed by atoms with E-state index in [0.29, 0.717) is 6.29 Å². The zero-order valence-corrected chi connectivity index (χ0v) is 10.9. The van der Waals surface area contributed by atoms with Crippen molar-refractivity contribution in [2.24, 2.45) is 0 Å². The van der Waals surface area contributed by atoms with Gasteiger partial charge in [-0.3, -0.25) is 4.79 Å². The van der Waals surface area contributed by atoms with E-state index in [4.69, 9.17) is 0 Å². The van der Waals surface area contributed by atoms with Gasteiger partial charge in [0.15, 0.2) is 6.29 Å². The monoisotopic (exact) mass is 234 g/mol. The van der Waals surface area contributed by atoms with Gasteiger partial charge in [0.1, 0.15) is 5.82 Å². The first-order valence-electron chi connectivity index (χ1n) is 6.08. The Bertz CT molecular complexity index is 472. The molecule has 17 heavy (non-hydrogen) atoms. The summed E-state index contributed by atoms with van der Waals surface area (Å²) in [6.07, 6.45) is 2.72. The molecule has 0 fully saturated rings. The third-order valence-corrected chi connectivity index (χ3v) is 4.10. The highest BCUT2D eigenvalue weighted by Crippen LogP contribution is 2.46. The topological polar surface area (TPSA) is 17.1 Å². The highest BCUT2D eigenvalue weighted by Gasteiger charge is 2.37. The van der Waals surface area contributed by atoms with Crippen molar-refractivity contribution in [2.45, 2.75) is 51.4 Å². The van der Waals surface area contributed by atoms with Crippen LogP contribution < -0.4 is 0 Å². The molecule has 0 heterocycles. The van der Waals surface area contributed by atoms with Crippen LogP contribution in [0.5, 0.6) is 0 Å². The maximum atomic E-state index is 13.7. The third kappa shape index (κ3) is 1.90. The highest BCUT2D eigenvalue weighted by molar-refractivity contribution is 5.76. The Hall–Kier alpha value is -1.18. The summed E-state index contributed by atoms with van der Waals surface area (Å²) < 4.78 is 13.7. The molecule has 1 aliphatic rings. The molecular formula is C15H19FO. The number of halogens is 1. The van der Waals surface area contributed by atoms with E-state index in [1.165, 1.54) is 0 Å².